The number of sulfonamides is 1. The fraction of sp³-hybridized carbons (Fsp3) is 0.368. The van der Waals surface area contributed by atoms with E-state index in [9.17, 15) is 17.6 Å². The van der Waals surface area contributed by atoms with Gasteiger partial charge in [0.2, 0.25) is 10.0 Å². The molecule has 1 saturated heterocycles. The maximum Gasteiger partial charge on any atom is 0.330 e. The Labute approximate surface area is 167 Å². The van der Waals surface area contributed by atoms with Gasteiger partial charge in [-0.15, -0.1) is 0 Å². The molecule has 0 spiro atoms. The van der Waals surface area contributed by atoms with Crippen LogP contribution in [0.1, 0.15) is 12.5 Å². The predicted octanol–water partition coefficient (Wildman–Crippen LogP) is 1.62. The fourth-order valence-corrected chi connectivity index (χ4v) is 5.22. The lowest BCUT2D eigenvalue weighted by molar-refractivity contribution is 0.187. The highest BCUT2D eigenvalue weighted by Gasteiger charge is 2.35. The first-order chi connectivity index (χ1) is 13.9. The molecule has 8 nitrogen and oxygen atoms in total. The summed E-state index contributed by atoms with van der Waals surface area (Å²) in [6, 6.07) is 7.99. The van der Waals surface area contributed by atoms with E-state index in [-0.39, 0.29) is 29.7 Å². The Hall–Kier alpha value is -2.56. The molecule has 1 fully saturated rings. The Bertz CT molecular complexity index is 1190. The fourth-order valence-electron chi connectivity index (χ4n) is 3.73. The Kier molecular flexibility index (Phi) is 5.24. The van der Waals surface area contributed by atoms with Crippen LogP contribution in [0.15, 0.2) is 52.3 Å². The summed E-state index contributed by atoms with van der Waals surface area (Å²) in [6.07, 6.45) is 2.10. The largest absolute Gasteiger partial charge is 0.383 e. The lowest BCUT2D eigenvalue weighted by atomic mass is 10.2. The van der Waals surface area contributed by atoms with E-state index in [1.54, 1.807) is 28.5 Å². The normalized spacial score (nSPS) is 17.9. The quantitative estimate of drug-likeness (QED) is 0.605. The number of fused-ring (bicyclic) bond motifs is 1. The maximum atomic E-state index is 13.2. The Balaban J connectivity index is 1.67. The molecule has 0 saturated carbocycles. The standard InChI is InChI=1S/C19H21FN4O4S/c1-28-12-11-23-17-3-2-9-21-18(17)24(19(23)25)15-8-10-22(13-15)29(26,27)16-6-4-14(20)5-7-16/h2-7,9,15H,8,10-13H2,1H3/t15-/m1/s1. The minimum atomic E-state index is -3.77. The number of nitrogens with zero attached hydrogens (tertiary/aromatic N) is 4. The zero-order valence-corrected chi connectivity index (χ0v) is 16.7. The van der Waals surface area contributed by atoms with Crippen molar-refractivity contribution in [3.05, 3.63) is 58.9 Å². The molecule has 0 bridgehead atoms. The van der Waals surface area contributed by atoms with Gasteiger partial charge in [0, 0.05) is 26.4 Å². The van der Waals surface area contributed by atoms with Crippen LogP contribution in [0.5, 0.6) is 0 Å². The molecular weight excluding hydrogens is 399 g/mol. The Morgan fingerprint density at radius 3 is 2.72 bits per heavy atom. The van der Waals surface area contributed by atoms with Crippen LogP contribution < -0.4 is 5.69 Å². The van der Waals surface area contributed by atoms with Crippen LogP contribution >= 0.6 is 0 Å². The molecule has 3 aromatic rings. The lowest BCUT2D eigenvalue weighted by Gasteiger charge is -2.17. The highest BCUT2D eigenvalue weighted by atomic mass is 32.2. The number of imidazole rings is 1. The van der Waals surface area contributed by atoms with E-state index >= 15 is 0 Å². The molecule has 1 aliphatic heterocycles. The average Bonchev–Trinajstić information content (AvgIpc) is 3.30. The molecule has 4 rings (SSSR count). The molecule has 0 unspecified atom stereocenters. The molecule has 2 aromatic heterocycles. The van der Waals surface area contributed by atoms with Crippen molar-refractivity contribution >= 4 is 21.2 Å². The van der Waals surface area contributed by atoms with Gasteiger partial charge in [-0.1, -0.05) is 0 Å². The number of benzene rings is 1. The van der Waals surface area contributed by atoms with Gasteiger partial charge in [0.25, 0.3) is 0 Å². The van der Waals surface area contributed by atoms with E-state index in [0.717, 1.165) is 12.1 Å². The number of rotatable bonds is 6. The highest BCUT2D eigenvalue weighted by molar-refractivity contribution is 7.89. The molecule has 0 aliphatic carbocycles. The van der Waals surface area contributed by atoms with Crippen LogP contribution in [0.25, 0.3) is 11.2 Å². The van der Waals surface area contributed by atoms with Crippen molar-refractivity contribution in [2.75, 3.05) is 26.8 Å². The number of aromatic nitrogens is 3. The summed E-state index contributed by atoms with van der Waals surface area (Å²) in [7, 11) is -2.20. The van der Waals surface area contributed by atoms with Gasteiger partial charge in [0.15, 0.2) is 5.65 Å². The van der Waals surface area contributed by atoms with E-state index in [0.29, 0.717) is 30.7 Å². The van der Waals surface area contributed by atoms with Crippen molar-refractivity contribution in [2.24, 2.45) is 0 Å². The zero-order valence-electron chi connectivity index (χ0n) is 15.9. The van der Waals surface area contributed by atoms with Crippen LogP contribution in [-0.2, 0) is 21.3 Å². The van der Waals surface area contributed by atoms with E-state index in [1.165, 1.54) is 16.4 Å². The summed E-state index contributed by atoms with van der Waals surface area (Å²) in [6.45, 7) is 1.19. The maximum absolute atomic E-state index is 13.2. The first kappa shape index (κ1) is 19.7. The topological polar surface area (TPSA) is 86.4 Å². The first-order valence-electron chi connectivity index (χ1n) is 9.24. The lowest BCUT2D eigenvalue weighted by Crippen LogP contribution is -2.32. The molecule has 3 heterocycles. The number of ether oxygens (including phenoxy) is 1. The van der Waals surface area contributed by atoms with Crippen molar-refractivity contribution in [1.82, 2.24) is 18.4 Å². The SMILES string of the molecule is COCCn1c(=O)n([C@@H]2CCN(S(=O)(=O)c3ccc(F)cc3)C2)c2ncccc21. The van der Waals surface area contributed by atoms with Gasteiger partial charge in [0.05, 0.1) is 29.6 Å². The van der Waals surface area contributed by atoms with Gasteiger partial charge in [-0.05, 0) is 42.8 Å². The summed E-state index contributed by atoms with van der Waals surface area (Å²) >= 11 is 0. The summed E-state index contributed by atoms with van der Waals surface area (Å²) in [5, 5.41) is 0. The summed E-state index contributed by atoms with van der Waals surface area (Å²) in [5.74, 6) is -0.496. The van der Waals surface area contributed by atoms with Crippen LogP contribution in [-0.4, -0.2) is 53.6 Å². The summed E-state index contributed by atoms with van der Waals surface area (Å²) in [5.41, 5.74) is 0.982. The van der Waals surface area contributed by atoms with E-state index in [2.05, 4.69) is 4.98 Å². The van der Waals surface area contributed by atoms with Gasteiger partial charge < -0.3 is 4.74 Å². The number of pyridine rings is 1. The molecule has 10 heteroatoms. The molecule has 0 amide bonds. The van der Waals surface area contributed by atoms with Crippen molar-refractivity contribution in [1.29, 1.82) is 0 Å². The first-order valence-corrected chi connectivity index (χ1v) is 10.7. The molecule has 0 radical (unpaired) electrons. The molecule has 154 valence electrons. The van der Waals surface area contributed by atoms with Gasteiger partial charge in [-0.3, -0.25) is 9.13 Å². The number of hydrogen-bond acceptors (Lipinski definition) is 5. The highest BCUT2D eigenvalue weighted by Crippen LogP contribution is 2.28. The van der Waals surface area contributed by atoms with E-state index < -0.39 is 15.8 Å². The second kappa shape index (κ2) is 7.69. The van der Waals surface area contributed by atoms with Crippen LogP contribution in [0.4, 0.5) is 4.39 Å². The smallest absolute Gasteiger partial charge is 0.330 e. The van der Waals surface area contributed by atoms with Crippen LogP contribution in [0.2, 0.25) is 0 Å². The number of methoxy groups -OCH3 is 1. The monoisotopic (exact) mass is 420 g/mol. The van der Waals surface area contributed by atoms with E-state index in [1.807, 2.05) is 6.07 Å². The third kappa shape index (κ3) is 3.47. The molecule has 1 atom stereocenters. The van der Waals surface area contributed by atoms with Crippen molar-refractivity contribution < 1.29 is 17.5 Å². The van der Waals surface area contributed by atoms with Crippen LogP contribution in [0, 0.1) is 5.82 Å². The second-order valence-electron chi connectivity index (χ2n) is 6.90. The summed E-state index contributed by atoms with van der Waals surface area (Å²) in [4.78, 5) is 17.5. The van der Waals surface area contributed by atoms with Crippen molar-refractivity contribution in [2.45, 2.75) is 23.9 Å². The minimum absolute atomic E-state index is 0.0348. The van der Waals surface area contributed by atoms with Gasteiger partial charge in [-0.2, -0.15) is 4.31 Å². The third-order valence-electron chi connectivity index (χ3n) is 5.18. The molecule has 0 N–H and O–H groups in total. The minimum Gasteiger partial charge on any atom is -0.383 e. The zero-order chi connectivity index (χ0) is 20.6. The number of hydrogen-bond donors (Lipinski definition) is 0. The molecule has 29 heavy (non-hydrogen) atoms. The summed E-state index contributed by atoms with van der Waals surface area (Å²) < 4.78 is 48.6. The second-order valence-corrected chi connectivity index (χ2v) is 8.84. The third-order valence-corrected chi connectivity index (χ3v) is 7.06. The van der Waals surface area contributed by atoms with Crippen LogP contribution in [0.3, 0.4) is 0 Å². The average molecular weight is 420 g/mol. The predicted molar refractivity (Wildman–Crippen MR) is 105 cm³/mol. The van der Waals surface area contributed by atoms with Crippen molar-refractivity contribution in [3.63, 3.8) is 0 Å². The molecule has 1 aromatic carbocycles. The Morgan fingerprint density at radius 2 is 2.00 bits per heavy atom. The van der Waals surface area contributed by atoms with Gasteiger partial charge in [-0.25, -0.2) is 22.6 Å². The van der Waals surface area contributed by atoms with E-state index in [4.69, 9.17) is 4.74 Å². The van der Waals surface area contributed by atoms with Crippen molar-refractivity contribution in [3.8, 4) is 0 Å². The van der Waals surface area contributed by atoms with Gasteiger partial charge >= 0.3 is 5.69 Å². The van der Waals surface area contributed by atoms with Gasteiger partial charge in [0.1, 0.15) is 5.82 Å². The Morgan fingerprint density at radius 1 is 1.24 bits per heavy atom. The number of halogens is 1. The molecule has 1 aliphatic rings. The molecular formula is C19H21FN4O4S.